The number of pyridine rings is 1. The van der Waals surface area contributed by atoms with Crippen LogP contribution in [-0.4, -0.2) is 65.4 Å². The average Bonchev–Trinajstić information content (AvgIpc) is 3.16. The van der Waals surface area contributed by atoms with Gasteiger partial charge in [-0.3, -0.25) is 9.69 Å². The highest BCUT2D eigenvalue weighted by Gasteiger charge is 2.31. The molecule has 0 spiro atoms. The van der Waals surface area contributed by atoms with Crippen LogP contribution in [0.4, 0.5) is 0 Å². The molecule has 2 aromatic heterocycles. The molecule has 1 aromatic carbocycles. The lowest BCUT2D eigenvalue weighted by Crippen LogP contribution is -2.43. The van der Waals surface area contributed by atoms with Gasteiger partial charge in [0.2, 0.25) is 0 Å². The van der Waals surface area contributed by atoms with E-state index >= 15 is 0 Å². The Morgan fingerprint density at radius 3 is 2.70 bits per heavy atom. The third kappa shape index (κ3) is 3.40. The van der Waals surface area contributed by atoms with Gasteiger partial charge in [0.05, 0.1) is 0 Å². The van der Waals surface area contributed by atoms with Crippen LogP contribution >= 0.6 is 0 Å². The van der Waals surface area contributed by atoms with Gasteiger partial charge >= 0.3 is 0 Å². The minimum atomic E-state index is -0.0871. The van der Waals surface area contributed by atoms with Crippen LogP contribution in [-0.2, 0) is 12.0 Å². The van der Waals surface area contributed by atoms with Gasteiger partial charge in [0, 0.05) is 73.6 Å². The molecule has 2 aliphatic rings. The normalized spacial score (nSPS) is 19.6. The van der Waals surface area contributed by atoms with E-state index in [0.29, 0.717) is 6.54 Å². The maximum Gasteiger partial charge on any atom is 0.251 e. The number of aromatic amines is 1. The zero-order valence-electron chi connectivity index (χ0n) is 18.0. The van der Waals surface area contributed by atoms with Gasteiger partial charge in [0.25, 0.3) is 5.91 Å². The molecule has 3 aromatic rings. The smallest absolute Gasteiger partial charge is 0.251 e. The second-order valence-corrected chi connectivity index (χ2v) is 9.35. The van der Waals surface area contributed by atoms with Gasteiger partial charge < -0.3 is 15.2 Å². The van der Waals surface area contributed by atoms with Crippen molar-refractivity contribution in [2.75, 3.05) is 39.8 Å². The number of aromatic nitrogens is 2. The monoisotopic (exact) mass is 403 g/mol. The van der Waals surface area contributed by atoms with E-state index in [-0.39, 0.29) is 11.3 Å². The first-order chi connectivity index (χ1) is 14.4. The molecule has 30 heavy (non-hydrogen) atoms. The molecule has 1 amide bonds. The highest BCUT2D eigenvalue weighted by atomic mass is 16.1. The van der Waals surface area contributed by atoms with Crippen LogP contribution < -0.4 is 5.32 Å². The summed E-state index contributed by atoms with van der Waals surface area (Å²) in [4.78, 5) is 25.2. The summed E-state index contributed by atoms with van der Waals surface area (Å²) in [5, 5.41) is 4.14. The van der Waals surface area contributed by atoms with Crippen molar-refractivity contribution < 1.29 is 4.79 Å². The Hall–Kier alpha value is -2.70. The first kappa shape index (κ1) is 19.3. The zero-order chi connectivity index (χ0) is 20.9. The molecule has 0 atom stereocenters. The van der Waals surface area contributed by atoms with E-state index < -0.39 is 0 Å². The third-order valence-electron chi connectivity index (χ3n) is 6.59. The van der Waals surface area contributed by atoms with Crippen molar-refractivity contribution in [2.24, 2.45) is 0 Å². The molecule has 6 nitrogen and oxygen atoms in total. The van der Waals surface area contributed by atoms with Crippen LogP contribution in [0.3, 0.4) is 0 Å². The summed E-state index contributed by atoms with van der Waals surface area (Å²) in [6.45, 7) is 10.4. The molecule has 5 rings (SSSR count). The summed E-state index contributed by atoms with van der Waals surface area (Å²) in [7, 11) is 2.18. The van der Waals surface area contributed by atoms with Gasteiger partial charge in [-0.15, -0.1) is 0 Å². The lowest BCUT2D eigenvalue weighted by molar-refractivity contribution is 0.0930. The Bertz CT molecular complexity index is 1110. The van der Waals surface area contributed by atoms with E-state index in [1.54, 1.807) is 0 Å². The summed E-state index contributed by atoms with van der Waals surface area (Å²) in [6, 6.07) is 8.46. The zero-order valence-corrected chi connectivity index (χ0v) is 18.0. The van der Waals surface area contributed by atoms with Crippen LogP contribution in [0.25, 0.3) is 22.2 Å². The fourth-order valence-corrected chi connectivity index (χ4v) is 4.60. The molecule has 0 unspecified atom stereocenters. The van der Waals surface area contributed by atoms with Gasteiger partial charge in [-0.1, -0.05) is 19.9 Å². The number of fused-ring (bicyclic) bond motifs is 2. The molecule has 2 N–H and O–H groups in total. The van der Waals surface area contributed by atoms with Crippen LogP contribution in [0.5, 0.6) is 0 Å². The van der Waals surface area contributed by atoms with E-state index in [4.69, 9.17) is 0 Å². The van der Waals surface area contributed by atoms with Gasteiger partial charge in [-0.05, 0) is 41.9 Å². The number of benzene rings is 1. The van der Waals surface area contributed by atoms with Crippen molar-refractivity contribution >= 4 is 16.9 Å². The van der Waals surface area contributed by atoms with Gasteiger partial charge in [-0.25, -0.2) is 4.98 Å². The average molecular weight is 404 g/mol. The van der Waals surface area contributed by atoms with E-state index in [1.165, 1.54) is 5.56 Å². The van der Waals surface area contributed by atoms with E-state index in [9.17, 15) is 4.79 Å². The minimum Gasteiger partial charge on any atom is -0.351 e. The van der Waals surface area contributed by atoms with Crippen molar-refractivity contribution in [3.05, 3.63) is 53.3 Å². The topological polar surface area (TPSA) is 64.3 Å². The number of carbonyl (C=O) groups is 1. The standard InChI is InChI=1S/C24H29N5O/c1-24(2)15-27-23(30)18-5-4-17(11-21(18)24)20-13-26-22-19(20)10-16(12-25-22)14-29-8-6-28(3)7-9-29/h4-5,10-13H,6-9,14-15H2,1-3H3,(H,25,26)(H,27,30). The maximum absolute atomic E-state index is 12.3. The maximum atomic E-state index is 12.3. The molecule has 0 radical (unpaired) electrons. The molecule has 156 valence electrons. The molecule has 6 heteroatoms. The fourth-order valence-electron chi connectivity index (χ4n) is 4.60. The highest BCUT2D eigenvalue weighted by Crippen LogP contribution is 2.35. The van der Waals surface area contributed by atoms with Crippen molar-refractivity contribution in [3.63, 3.8) is 0 Å². The summed E-state index contributed by atoms with van der Waals surface area (Å²) in [5.74, 6) is 0.0194. The fraction of sp³-hybridized carbons (Fsp3) is 0.417. The molecule has 4 heterocycles. The predicted molar refractivity (Wildman–Crippen MR) is 120 cm³/mol. The van der Waals surface area contributed by atoms with Gasteiger partial charge in [-0.2, -0.15) is 0 Å². The van der Waals surface area contributed by atoms with Crippen molar-refractivity contribution in [3.8, 4) is 11.1 Å². The SMILES string of the molecule is CN1CCN(Cc2cnc3[nH]cc(-c4ccc5c(c4)C(C)(C)CNC5=O)c3c2)CC1. The number of nitrogens with one attached hydrogen (secondary N) is 2. The van der Waals surface area contributed by atoms with Crippen LogP contribution in [0.2, 0.25) is 0 Å². The number of nitrogens with zero attached hydrogens (tertiary/aromatic N) is 3. The van der Waals surface area contributed by atoms with Crippen molar-refractivity contribution in [2.45, 2.75) is 25.8 Å². The third-order valence-corrected chi connectivity index (χ3v) is 6.59. The van der Waals surface area contributed by atoms with Crippen LogP contribution in [0, 0.1) is 0 Å². The second-order valence-electron chi connectivity index (χ2n) is 9.35. The van der Waals surface area contributed by atoms with Gasteiger partial charge in [0.15, 0.2) is 0 Å². The molecular formula is C24H29N5O. The van der Waals surface area contributed by atoms with Crippen LogP contribution in [0.1, 0.15) is 35.3 Å². The Morgan fingerprint density at radius 1 is 1.10 bits per heavy atom. The number of hydrogen-bond donors (Lipinski definition) is 2. The summed E-state index contributed by atoms with van der Waals surface area (Å²) in [6.07, 6.45) is 4.02. The van der Waals surface area contributed by atoms with Crippen molar-refractivity contribution in [1.29, 1.82) is 0 Å². The summed E-state index contributed by atoms with van der Waals surface area (Å²) in [5.41, 5.74) is 6.22. The van der Waals surface area contributed by atoms with E-state index in [0.717, 1.165) is 66.0 Å². The molecule has 0 bridgehead atoms. The first-order valence-electron chi connectivity index (χ1n) is 10.7. The Balaban J connectivity index is 1.50. The molecule has 2 aliphatic heterocycles. The van der Waals surface area contributed by atoms with Crippen molar-refractivity contribution in [1.82, 2.24) is 25.1 Å². The lowest BCUT2D eigenvalue weighted by atomic mass is 9.78. The molecule has 0 aliphatic carbocycles. The number of hydrogen-bond acceptors (Lipinski definition) is 4. The largest absolute Gasteiger partial charge is 0.351 e. The number of H-pyrrole nitrogens is 1. The highest BCUT2D eigenvalue weighted by molar-refractivity contribution is 5.99. The van der Waals surface area contributed by atoms with E-state index in [1.807, 2.05) is 18.5 Å². The predicted octanol–water partition coefficient (Wildman–Crippen LogP) is 3.00. The molecular weight excluding hydrogens is 374 g/mol. The second kappa shape index (κ2) is 7.22. The number of piperazine rings is 1. The first-order valence-corrected chi connectivity index (χ1v) is 10.7. The number of carbonyl (C=O) groups excluding carboxylic acids is 1. The Kier molecular flexibility index (Phi) is 4.64. The summed E-state index contributed by atoms with van der Waals surface area (Å²) >= 11 is 0. The molecule has 1 fully saturated rings. The minimum absolute atomic E-state index is 0.0194. The molecule has 1 saturated heterocycles. The van der Waals surface area contributed by atoms with E-state index in [2.05, 4.69) is 64.2 Å². The Labute approximate surface area is 177 Å². The quantitative estimate of drug-likeness (QED) is 0.706. The van der Waals surface area contributed by atoms with Crippen LogP contribution in [0.15, 0.2) is 36.7 Å². The Morgan fingerprint density at radius 2 is 1.90 bits per heavy atom. The molecule has 0 saturated carbocycles. The summed E-state index contributed by atoms with van der Waals surface area (Å²) < 4.78 is 0. The van der Waals surface area contributed by atoms with Gasteiger partial charge in [0.1, 0.15) is 5.65 Å². The number of rotatable bonds is 3. The number of amides is 1. The number of likely N-dealkylation sites (N-methyl/N-ethyl adjacent to an activating group) is 1. The lowest BCUT2D eigenvalue weighted by Gasteiger charge is -2.32.